The van der Waals surface area contributed by atoms with Gasteiger partial charge in [-0.2, -0.15) is 0 Å². The Bertz CT molecular complexity index is 468. The Hall–Kier alpha value is -1.26. The summed E-state index contributed by atoms with van der Waals surface area (Å²) < 4.78 is 11.6. The number of hydrogen-bond donors (Lipinski definition) is 1. The van der Waals surface area contributed by atoms with E-state index in [9.17, 15) is 5.11 Å². The van der Waals surface area contributed by atoms with Crippen LogP contribution < -0.4 is 9.47 Å². The zero-order valence-corrected chi connectivity index (χ0v) is 13.6. The van der Waals surface area contributed by atoms with E-state index in [0.717, 1.165) is 30.0 Å². The monoisotopic (exact) mass is 293 g/mol. The molecule has 0 bridgehead atoms. The molecule has 1 aliphatic heterocycles. The summed E-state index contributed by atoms with van der Waals surface area (Å²) in [6.45, 7) is 8.71. The first-order chi connectivity index (χ1) is 9.93. The molecule has 0 spiro atoms. The summed E-state index contributed by atoms with van der Waals surface area (Å²) in [5.74, 6) is 1.68. The molecular formula is C17H27NO3. The number of nitrogens with zero attached hydrogens (tertiary/aromatic N) is 1. The highest BCUT2D eigenvalue weighted by molar-refractivity contribution is 5.47. The van der Waals surface area contributed by atoms with Crippen LogP contribution in [0.2, 0.25) is 0 Å². The van der Waals surface area contributed by atoms with Gasteiger partial charge in [0, 0.05) is 24.6 Å². The van der Waals surface area contributed by atoms with Gasteiger partial charge in [0.15, 0.2) is 11.5 Å². The predicted molar refractivity (Wildman–Crippen MR) is 83.8 cm³/mol. The average molecular weight is 293 g/mol. The number of aliphatic hydroxyl groups excluding tert-OH is 1. The molecule has 0 fully saturated rings. The Morgan fingerprint density at radius 2 is 1.95 bits per heavy atom. The number of benzene rings is 1. The lowest BCUT2D eigenvalue weighted by atomic mass is 9.86. The van der Waals surface area contributed by atoms with Gasteiger partial charge in [-0.1, -0.05) is 32.9 Å². The topological polar surface area (TPSA) is 41.9 Å². The molecule has 0 aromatic heterocycles. The maximum absolute atomic E-state index is 9.70. The molecule has 1 heterocycles. The first-order valence-corrected chi connectivity index (χ1v) is 7.62. The summed E-state index contributed by atoms with van der Waals surface area (Å²) in [7, 11) is 2.04. The van der Waals surface area contributed by atoms with Gasteiger partial charge in [-0.15, -0.1) is 0 Å². The Balaban J connectivity index is 2.19. The molecule has 1 aliphatic rings. The molecule has 1 aromatic rings. The van der Waals surface area contributed by atoms with Gasteiger partial charge < -0.3 is 14.6 Å². The third-order valence-electron chi connectivity index (χ3n) is 3.98. The van der Waals surface area contributed by atoms with E-state index in [-0.39, 0.29) is 18.1 Å². The number of para-hydroxylation sites is 1. The van der Waals surface area contributed by atoms with E-state index < -0.39 is 0 Å². The van der Waals surface area contributed by atoms with E-state index >= 15 is 0 Å². The zero-order chi connectivity index (χ0) is 15.5. The average Bonchev–Trinajstić information content (AvgIpc) is 2.63. The smallest absolute Gasteiger partial charge is 0.165 e. The van der Waals surface area contributed by atoms with Crippen LogP contribution in [0.4, 0.5) is 0 Å². The standard InChI is InChI=1S/C17H27NO3/c1-17(2,3)15(12-19)18(4)11-13-7-5-8-14-16(13)21-10-6-9-20-14/h5,7-8,15,19H,6,9-12H2,1-4H3. The summed E-state index contributed by atoms with van der Waals surface area (Å²) >= 11 is 0. The summed E-state index contributed by atoms with van der Waals surface area (Å²) in [6, 6.07) is 6.13. The minimum atomic E-state index is 0.0204. The van der Waals surface area contributed by atoms with Gasteiger partial charge in [0.25, 0.3) is 0 Å². The van der Waals surface area contributed by atoms with Gasteiger partial charge in [0.2, 0.25) is 0 Å². The second-order valence-electron chi connectivity index (χ2n) is 6.77. The SMILES string of the molecule is CN(Cc1cccc2c1OCCCO2)C(CO)C(C)(C)C. The van der Waals surface area contributed by atoms with E-state index in [1.54, 1.807) is 0 Å². The zero-order valence-electron chi connectivity index (χ0n) is 13.6. The number of aliphatic hydroxyl groups is 1. The molecule has 1 N–H and O–H groups in total. The Morgan fingerprint density at radius 1 is 1.24 bits per heavy atom. The van der Waals surface area contributed by atoms with Crippen LogP contribution in [0.3, 0.4) is 0 Å². The van der Waals surface area contributed by atoms with Crippen molar-refractivity contribution < 1.29 is 14.6 Å². The molecule has 1 unspecified atom stereocenters. The van der Waals surface area contributed by atoms with Gasteiger partial charge in [-0.3, -0.25) is 4.90 Å². The highest BCUT2D eigenvalue weighted by Gasteiger charge is 2.28. The fourth-order valence-corrected chi connectivity index (χ4v) is 2.83. The summed E-state index contributed by atoms with van der Waals surface area (Å²) in [5, 5.41) is 9.70. The quantitative estimate of drug-likeness (QED) is 0.927. The van der Waals surface area contributed by atoms with Crippen LogP contribution in [0.15, 0.2) is 18.2 Å². The van der Waals surface area contributed by atoms with Crippen LogP contribution in [-0.4, -0.2) is 42.9 Å². The minimum Gasteiger partial charge on any atom is -0.490 e. The van der Waals surface area contributed by atoms with Gasteiger partial charge in [-0.25, -0.2) is 0 Å². The summed E-state index contributed by atoms with van der Waals surface area (Å²) in [5.41, 5.74) is 1.13. The summed E-state index contributed by atoms with van der Waals surface area (Å²) in [6.07, 6.45) is 0.908. The van der Waals surface area contributed by atoms with Crippen molar-refractivity contribution in [2.45, 2.75) is 39.8 Å². The number of hydrogen-bond acceptors (Lipinski definition) is 4. The molecule has 0 saturated heterocycles. The van der Waals surface area contributed by atoms with Crippen LogP contribution in [0.1, 0.15) is 32.8 Å². The number of likely N-dealkylation sites (N-methyl/N-ethyl adjacent to an activating group) is 1. The van der Waals surface area contributed by atoms with E-state index in [1.165, 1.54) is 0 Å². The van der Waals surface area contributed by atoms with Crippen LogP contribution in [-0.2, 0) is 6.54 Å². The van der Waals surface area contributed by atoms with Gasteiger partial charge in [0.1, 0.15) is 0 Å². The van der Waals surface area contributed by atoms with E-state index in [1.807, 2.05) is 19.2 Å². The van der Waals surface area contributed by atoms with Crippen LogP contribution >= 0.6 is 0 Å². The van der Waals surface area contributed by atoms with E-state index in [2.05, 4.69) is 31.7 Å². The Kier molecular flexibility index (Phi) is 5.12. The molecule has 0 amide bonds. The molecule has 4 heteroatoms. The van der Waals surface area contributed by atoms with Crippen molar-refractivity contribution in [3.05, 3.63) is 23.8 Å². The van der Waals surface area contributed by atoms with E-state index in [4.69, 9.17) is 9.47 Å². The van der Waals surface area contributed by atoms with Crippen LogP contribution in [0, 0.1) is 5.41 Å². The first-order valence-electron chi connectivity index (χ1n) is 7.62. The van der Waals surface area contributed by atoms with Gasteiger partial charge >= 0.3 is 0 Å². The maximum atomic E-state index is 9.70. The van der Waals surface area contributed by atoms with Crippen LogP contribution in [0.5, 0.6) is 11.5 Å². The molecule has 1 aromatic carbocycles. The van der Waals surface area contributed by atoms with E-state index in [0.29, 0.717) is 13.2 Å². The highest BCUT2D eigenvalue weighted by atomic mass is 16.5. The highest BCUT2D eigenvalue weighted by Crippen LogP contribution is 2.35. The molecule has 118 valence electrons. The molecule has 2 rings (SSSR count). The molecule has 0 aliphatic carbocycles. The number of ether oxygens (including phenoxy) is 2. The minimum absolute atomic E-state index is 0.0204. The lowest BCUT2D eigenvalue weighted by Gasteiger charge is -2.37. The lowest BCUT2D eigenvalue weighted by molar-refractivity contribution is 0.0608. The van der Waals surface area contributed by atoms with Crippen molar-refractivity contribution >= 4 is 0 Å². The molecule has 0 radical (unpaired) electrons. The van der Waals surface area contributed by atoms with Crippen molar-refractivity contribution in [1.29, 1.82) is 0 Å². The van der Waals surface area contributed by atoms with Crippen LogP contribution in [0.25, 0.3) is 0 Å². The lowest BCUT2D eigenvalue weighted by Crippen LogP contribution is -2.44. The van der Waals surface area contributed by atoms with Gasteiger partial charge in [0.05, 0.1) is 19.8 Å². The normalized spacial score (nSPS) is 16.7. The molecular weight excluding hydrogens is 266 g/mol. The Morgan fingerprint density at radius 3 is 2.62 bits per heavy atom. The largest absolute Gasteiger partial charge is 0.490 e. The number of rotatable bonds is 4. The van der Waals surface area contributed by atoms with Crippen molar-refractivity contribution in [2.24, 2.45) is 5.41 Å². The first kappa shape index (κ1) is 16.1. The van der Waals surface area contributed by atoms with Crippen molar-refractivity contribution in [1.82, 2.24) is 4.90 Å². The van der Waals surface area contributed by atoms with Crippen molar-refractivity contribution in [2.75, 3.05) is 26.9 Å². The second kappa shape index (κ2) is 6.67. The third kappa shape index (κ3) is 3.89. The third-order valence-corrected chi connectivity index (χ3v) is 3.98. The second-order valence-corrected chi connectivity index (χ2v) is 6.77. The molecule has 0 saturated carbocycles. The Labute approximate surface area is 127 Å². The summed E-state index contributed by atoms with van der Waals surface area (Å²) in [4.78, 5) is 2.18. The number of fused-ring (bicyclic) bond motifs is 1. The van der Waals surface area contributed by atoms with Gasteiger partial charge in [-0.05, 0) is 18.5 Å². The molecule has 4 nitrogen and oxygen atoms in total. The maximum Gasteiger partial charge on any atom is 0.165 e. The van der Waals surface area contributed by atoms with Crippen molar-refractivity contribution in [3.8, 4) is 11.5 Å². The van der Waals surface area contributed by atoms with Crippen molar-refractivity contribution in [3.63, 3.8) is 0 Å². The predicted octanol–water partition coefficient (Wildman–Crippen LogP) is 2.69. The molecule has 1 atom stereocenters. The molecule has 21 heavy (non-hydrogen) atoms. The fourth-order valence-electron chi connectivity index (χ4n) is 2.83. The fraction of sp³-hybridized carbons (Fsp3) is 0.647.